The highest BCUT2D eigenvalue weighted by Crippen LogP contribution is 2.18. The lowest BCUT2D eigenvalue weighted by Gasteiger charge is -2.31. The van der Waals surface area contributed by atoms with Crippen molar-refractivity contribution in [1.82, 2.24) is 9.80 Å². The fraction of sp³-hybridized carbons (Fsp3) is 0.923. The van der Waals surface area contributed by atoms with Gasteiger partial charge in [0.2, 0.25) is 5.91 Å². The first-order chi connectivity index (χ1) is 8.19. The fourth-order valence-electron chi connectivity index (χ4n) is 2.74. The molecule has 4 nitrogen and oxygen atoms in total. The minimum Gasteiger partial charge on any atom is -0.396 e. The van der Waals surface area contributed by atoms with Crippen molar-refractivity contribution < 1.29 is 9.90 Å². The minimum absolute atomic E-state index is 0.142. The smallest absolute Gasteiger partial charge is 0.223 e. The van der Waals surface area contributed by atoms with Gasteiger partial charge in [0.15, 0.2) is 0 Å². The van der Waals surface area contributed by atoms with E-state index in [1.54, 1.807) is 0 Å². The van der Waals surface area contributed by atoms with E-state index in [1.807, 2.05) is 4.90 Å². The maximum atomic E-state index is 11.7. The highest BCUT2D eigenvalue weighted by Gasteiger charge is 2.29. The van der Waals surface area contributed by atoms with Crippen molar-refractivity contribution in [3.05, 3.63) is 0 Å². The van der Waals surface area contributed by atoms with Crippen LogP contribution in [0.15, 0.2) is 0 Å². The van der Waals surface area contributed by atoms with Crippen molar-refractivity contribution in [3.8, 4) is 0 Å². The number of carbonyl (C=O) groups excluding carboxylic acids is 1. The van der Waals surface area contributed by atoms with E-state index in [2.05, 4.69) is 11.8 Å². The summed E-state index contributed by atoms with van der Waals surface area (Å²) in [6.07, 6.45) is 3.11. The summed E-state index contributed by atoms with van der Waals surface area (Å²) in [6, 6.07) is 0. The first kappa shape index (κ1) is 12.8. The third-order valence-electron chi connectivity index (χ3n) is 4.12. The van der Waals surface area contributed by atoms with Gasteiger partial charge in [-0.05, 0) is 31.8 Å². The van der Waals surface area contributed by atoms with E-state index in [0.29, 0.717) is 6.42 Å². The summed E-state index contributed by atoms with van der Waals surface area (Å²) in [5.74, 6) is 1.25. The van der Waals surface area contributed by atoms with Gasteiger partial charge in [-0.2, -0.15) is 0 Å². The van der Waals surface area contributed by atoms with E-state index >= 15 is 0 Å². The second kappa shape index (κ2) is 5.83. The third-order valence-corrected chi connectivity index (χ3v) is 4.12. The Kier molecular flexibility index (Phi) is 4.40. The molecule has 0 aliphatic carbocycles. The highest BCUT2D eigenvalue weighted by molar-refractivity contribution is 5.78. The predicted molar refractivity (Wildman–Crippen MR) is 66.6 cm³/mol. The largest absolute Gasteiger partial charge is 0.396 e. The lowest BCUT2D eigenvalue weighted by molar-refractivity contribution is -0.128. The summed E-state index contributed by atoms with van der Waals surface area (Å²) in [6.45, 7) is 7.38. The maximum Gasteiger partial charge on any atom is 0.223 e. The molecule has 17 heavy (non-hydrogen) atoms. The molecule has 0 bridgehead atoms. The number of aliphatic hydroxyl groups is 1. The molecule has 0 radical (unpaired) electrons. The van der Waals surface area contributed by atoms with Crippen LogP contribution in [0.3, 0.4) is 0 Å². The molecular weight excluding hydrogens is 216 g/mol. The molecule has 0 saturated carbocycles. The topological polar surface area (TPSA) is 43.8 Å². The minimum atomic E-state index is 0.142. The van der Waals surface area contributed by atoms with Crippen molar-refractivity contribution in [3.63, 3.8) is 0 Å². The van der Waals surface area contributed by atoms with Crippen molar-refractivity contribution in [2.24, 2.45) is 11.8 Å². The second-order valence-electron chi connectivity index (χ2n) is 5.62. The van der Waals surface area contributed by atoms with Crippen LogP contribution in [-0.4, -0.2) is 60.1 Å². The normalized spacial score (nSPS) is 28.0. The molecule has 2 heterocycles. The summed E-state index contributed by atoms with van der Waals surface area (Å²) in [7, 11) is 0. The Morgan fingerprint density at radius 1 is 1.29 bits per heavy atom. The van der Waals surface area contributed by atoms with Gasteiger partial charge in [-0.3, -0.25) is 4.79 Å². The number of carbonyl (C=O) groups is 1. The summed E-state index contributed by atoms with van der Waals surface area (Å²) < 4.78 is 0. The van der Waals surface area contributed by atoms with Crippen LogP contribution in [0.5, 0.6) is 0 Å². The molecule has 2 fully saturated rings. The van der Waals surface area contributed by atoms with Gasteiger partial charge in [0, 0.05) is 38.6 Å². The number of nitrogens with zero attached hydrogens (tertiary/aromatic N) is 2. The van der Waals surface area contributed by atoms with Gasteiger partial charge in [-0.1, -0.05) is 6.92 Å². The number of aliphatic hydroxyl groups excluding tert-OH is 1. The zero-order valence-electron chi connectivity index (χ0n) is 10.8. The Hall–Kier alpha value is -0.610. The number of rotatable bonds is 4. The highest BCUT2D eigenvalue weighted by atomic mass is 16.3. The molecule has 0 aromatic heterocycles. The quantitative estimate of drug-likeness (QED) is 0.781. The summed E-state index contributed by atoms with van der Waals surface area (Å²) in [5.41, 5.74) is 0. The molecule has 98 valence electrons. The maximum absolute atomic E-state index is 11.7. The van der Waals surface area contributed by atoms with Crippen LogP contribution in [0, 0.1) is 11.8 Å². The number of amides is 1. The van der Waals surface area contributed by atoms with Gasteiger partial charge in [-0.15, -0.1) is 0 Å². The van der Waals surface area contributed by atoms with E-state index in [1.165, 1.54) is 25.9 Å². The van der Waals surface area contributed by atoms with Gasteiger partial charge in [0.25, 0.3) is 0 Å². The van der Waals surface area contributed by atoms with E-state index < -0.39 is 0 Å². The van der Waals surface area contributed by atoms with Crippen molar-refractivity contribution >= 4 is 5.91 Å². The van der Waals surface area contributed by atoms with Crippen LogP contribution in [0.1, 0.15) is 26.2 Å². The zero-order chi connectivity index (χ0) is 12.3. The first-order valence-electron chi connectivity index (χ1n) is 6.80. The summed E-state index contributed by atoms with van der Waals surface area (Å²) in [5, 5.41) is 9.06. The summed E-state index contributed by atoms with van der Waals surface area (Å²) in [4.78, 5) is 16.0. The lowest BCUT2D eigenvalue weighted by Crippen LogP contribution is -2.39. The van der Waals surface area contributed by atoms with Gasteiger partial charge >= 0.3 is 0 Å². The average molecular weight is 240 g/mol. The van der Waals surface area contributed by atoms with Crippen LogP contribution in [0.4, 0.5) is 0 Å². The Balaban J connectivity index is 1.70. The average Bonchev–Trinajstić information content (AvgIpc) is 2.69. The molecule has 0 aromatic rings. The molecule has 2 aliphatic rings. The van der Waals surface area contributed by atoms with Crippen molar-refractivity contribution in [1.29, 1.82) is 0 Å². The number of piperidine rings is 1. The van der Waals surface area contributed by atoms with Gasteiger partial charge in [0.05, 0.1) is 0 Å². The Bertz CT molecular complexity index is 262. The van der Waals surface area contributed by atoms with Gasteiger partial charge in [0.1, 0.15) is 0 Å². The predicted octanol–water partition coefficient (Wildman–Crippen LogP) is 0.559. The molecule has 4 heteroatoms. The van der Waals surface area contributed by atoms with Gasteiger partial charge < -0.3 is 14.9 Å². The first-order valence-corrected chi connectivity index (χ1v) is 6.80. The van der Waals surface area contributed by atoms with E-state index in [-0.39, 0.29) is 18.4 Å². The SMILES string of the molecule is CC1CCN(CCN2CC(CO)CC2=O)CC1. The van der Waals surface area contributed by atoms with Crippen LogP contribution >= 0.6 is 0 Å². The molecule has 0 aromatic carbocycles. The van der Waals surface area contributed by atoms with Crippen molar-refractivity contribution in [2.75, 3.05) is 39.3 Å². The molecule has 0 spiro atoms. The molecule has 1 amide bonds. The molecule has 1 unspecified atom stereocenters. The van der Waals surface area contributed by atoms with Crippen LogP contribution in [0.2, 0.25) is 0 Å². The molecule has 1 atom stereocenters. The summed E-state index contributed by atoms with van der Waals surface area (Å²) >= 11 is 0. The standard InChI is InChI=1S/C13H24N2O2/c1-11-2-4-14(5-3-11)6-7-15-9-12(10-16)8-13(15)17/h11-12,16H,2-10H2,1H3. The number of hydrogen-bond acceptors (Lipinski definition) is 3. The zero-order valence-corrected chi connectivity index (χ0v) is 10.8. The Morgan fingerprint density at radius 2 is 2.00 bits per heavy atom. The van der Waals surface area contributed by atoms with E-state index in [9.17, 15) is 4.79 Å². The van der Waals surface area contributed by atoms with Crippen LogP contribution in [-0.2, 0) is 4.79 Å². The molecular formula is C13H24N2O2. The Labute approximate surface area is 104 Å². The second-order valence-corrected chi connectivity index (χ2v) is 5.62. The number of likely N-dealkylation sites (tertiary alicyclic amines) is 2. The van der Waals surface area contributed by atoms with E-state index in [0.717, 1.165) is 25.6 Å². The third kappa shape index (κ3) is 3.42. The monoisotopic (exact) mass is 240 g/mol. The molecule has 1 N–H and O–H groups in total. The number of hydrogen-bond donors (Lipinski definition) is 1. The Morgan fingerprint density at radius 3 is 2.59 bits per heavy atom. The lowest BCUT2D eigenvalue weighted by atomic mass is 9.99. The van der Waals surface area contributed by atoms with Gasteiger partial charge in [-0.25, -0.2) is 0 Å². The van der Waals surface area contributed by atoms with E-state index in [4.69, 9.17) is 5.11 Å². The van der Waals surface area contributed by atoms with Crippen LogP contribution < -0.4 is 0 Å². The molecule has 2 rings (SSSR count). The molecule has 2 aliphatic heterocycles. The fourth-order valence-corrected chi connectivity index (χ4v) is 2.74. The molecule has 2 saturated heterocycles. The van der Waals surface area contributed by atoms with Crippen LogP contribution in [0.25, 0.3) is 0 Å². The van der Waals surface area contributed by atoms with Crippen molar-refractivity contribution in [2.45, 2.75) is 26.2 Å².